The third-order valence-electron chi connectivity index (χ3n) is 3.06. The molecule has 6 heteroatoms. The molecule has 0 fully saturated rings. The fourth-order valence-electron chi connectivity index (χ4n) is 1.98. The van der Waals surface area contributed by atoms with Crippen LogP contribution in [0.1, 0.15) is 12.6 Å². The van der Waals surface area contributed by atoms with Crippen molar-refractivity contribution in [3.63, 3.8) is 0 Å². The molecule has 0 spiro atoms. The number of thiocarbonyl (C=S) groups is 1. The van der Waals surface area contributed by atoms with Crippen molar-refractivity contribution in [1.29, 1.82) is 0 Å². The Labute approximate surface area is 123 Å². The van der Waals surface area contributed by atoms with Crippen molar-refractivity contribution >= 4 is 40.0 Å². The highest BCUT2D eigenvalue weighted by molar-refractivity contribution is 7.80. The van der Waals surface area contributed by atoms with E-state index < -0.39 is 0 Å². The Morgan fingerprint density at radius 1 is 1.45 bits per heavy atom. The van der Waals surface area contributed by atoms with Crippen LogP contribution >= 0.6 is 12.2 Å². The fourth-order valence-corrected chi connectivity index (χ4v) is 2.03. The van der Waals surface area contributed by atoms with E-state index in [2.05, 4.69) is 40.4 Å². The molecule has 0 unspecified atom stereocenters. The van der Waals surface area contributed by atoms with Gasteiger partial charge in [-0.2, -0.15) is 5.10 Å². The number of hydrazone groups is 1. The zero-order valence-electron chi connectivity index (χ0n) is 11.5. The monoisotopic (exact) mass is 287 g/mol. The van der Waals surface area contributed by atoms with Gasteiger partial charge in [-0.15, -0.1) is 0 Å². The van der Waals surface area contributed by atoms with E-state index in [1.807, 2.05) is 18.2 Å². The first-order valence-corrected chi connectivity index (χ1v) is 6.71. The van der Waals surface area contributed by atoms with Gasteiger partial charge in [0, 0.05) is 36.2 Å². The van der Waals surface area contributed by atoms with E-state index in [4.69, 9.17) is 18.0 Å². The first-order valence-electron chi connectivity index (χ1n) is 6.31. The number of hydrogen-bond acceptors (Lipinski definition) is 4. The number of nitrogens with one attached hydrogen (secondary N) is 1. The first kappa shape index (κ1) is 14.2. The number of anilines is 1. The highest BCUT2D eigenvalue weighted by Crippen LogP contribution is 2.26. The molecule has 20 heavy (non-hydrogen) atoms. The van der Waals surface area contributed by atoms with E-state index >= 15 is 0 Å². The van der Waals surface area contributed by atoms with Crippen molar-refractivity contribution in [3.05, 3.63) is 36.2 Å². The Morgan fingerprint density at radius 3 is 2.95 bits per heavy atom. The summed E-state index contributed by atoms with van der Waals surface area (Å²) in [6.45, 7) is 3.06. The SMILES string of the molecule is CCN(C)c1cccc2c(/C=N\NC(N)=S)nccc12. The number of rotatable bonds is 4. The quantitative estimate of drug-likeness (QED) is 0.510. The van der Waals surface area contributed by atoms with Gasteiger partial charge in [-0.05, 0) is 31.3 Å². The van der Waals surface area contributed by atoms with Crippen molar-refractivity contribution in [2.24, 2.45) is 10.8 Å². The van der Waals surface area contributed by atoms with Crippen LogP contribution in [0.4, 0.5) is 5.69 Å². The molecule has 1 aromatic heterocycles. The number of nitrogens with two attached hydrogens (primary N) is 1. The summed E-state index contributed by atoms with van der Waals surface area (Å²) in [5.74, 6) is 0. The van der Waals surface area contributed by atoms with Crippen molar-refractivity contribution in [2.45, 2.75) is 6.92 Å². The molecule has 2 aromatic rings. The van der Waals surface area contributed by atoms with Gasteiger partial charge < -0.3 is 10.6 Å². The molecule has 0 aliphatic heterocycles. The average Bonchev–Trinajstić information content (AvgIpc) is 2.45. The topological polar surface area (TPSA) is 66.5 Å². The smallest absolute Gasteiger partial charge is 0.184 e. The van der Waals surface area contributed by atoms with E-state index in [9.17, 15) is 0 Å². The van der Waals surface area contributed by atoms with Gasteiger partial charge >= 0.3 is 0 Å². The van der Waals surface area contributed by atoms with Crippen LogP contribution in [0.2, 0.25) is 0 Å². The Balaban J connectivity index is 2.48. The number of nitrogens with zero attached hydrogens (tertiary/aromatic N) is 3. The lowest BCUT2D eigenvalue weighted by Crippen LogP contribution is -2.24. The Hall–Kier alpha value is -2.21. The van der Waals surface area contributed by atoms with E-state index in [0.717, 1.165) is 23.0 Å². The van der Waals surface area contributed by atoms with Crippen LogP contribution in [0.15, 0.2) is 35.6 Å². The van der Waals surface area contributed by atoms with Gasteiger partial charge in [0.2, 0.25) is 0 Å². The van der Waals surface area contributed by atoms with Crippen LogP contribution in [-0.4, -0.2) is 29.9 Å². The van der Waals surface area contributed by atoms with Gasteiger partial charge in [0.05, 0.1) is 11.9 Å². The van der Waals surface area contributed by atoms with Crippen LogP contribution in [0, 0.1) is 0 Å². The summed E-state index contributed by atoms with van der Waals surface area (Å²) in [6, 6.07) is 8.15. The van der Waals surface area contributed by atoms with Gasteiger partial charge in [0.1, 0.15) is 0 Å². The lowest BCUT2D eigenvalue weighted by Gasteiger charge is -2.19. The Kier molecular flexibility index (Phi) is 4.47. The third kappa shape index (κ3) is 3.03. The standard InChI is InChI=1S/C14H17N5S/c1-3-19(2)13-6-4-5-10-11(13)7-8-16-12(10)9-17-18-14(15)20/h4-9H,3H2,1-2H3,(H3,15,18,20)/b17-9-. The molecule has 0 radical (unpaired) electrons. The minimum Gasteiger partial charge on any atom is -0.375 e. The molecular weight excluding hydrogens is 270 g/mol. The maximum Gasteiger partial charge on any atom is 0.184 e. The maximum atomic E-state index is 5.33. The van der Waals surface area contributed by atoms with Crippen LogP contribution < -0.4 is 16.1 Å². The molecule has 5 nitrogen and oxygen atoms in total. The number of aromatic nitrogens is 1. The molecule has 0 aliphatic carbocycles. The molecule has 1 aromatic carbocycles. The molecule has 0 aliphatic rings. The van der Waals surface area contributed by atoms with Crippen LogP contribution in [0.3, 0.4) is 0 Å². The maximum absolute atomic E-state index is 5.33. The van der Waals surface area contributed by atoms with Crippen molar-refractivity contribution in [2.75, 3.05) is 18.5 Å². The first-order chi connectivity index (χ1) is 9.63. The summed E-state index contributed by atoms with van der Waals surface area (Å²) in [6.07, 6.45) is 3.40. The summed E-state index contributed by atoms with van der Waals surface area (Å²) >= 11 is 4.70. The van der Waals surface area contributed by atoms with E-state index in [1.165, 1.54) is 5.69 Å². The highest BCUT2D eigenvalue weighted by Gasteiger charge is 2.07. The summed E-state index contributed by atoms with van der Waals surface area (Å²) in [5.41, 5.74) is 9.81. The van der Waals surface area contributed by atoms with Crippen molar-refractivity contribution in [1.82, 2.24) is 10.4 Å². The van der Waals surface area contributed by atoms with Gasteiger partial charge in [-0.25, -0.2) is 0 Å². The Bertz CT molecular complexity index is 653. The normalized spacial score (nSPS) is 10.9. The second kappa shape index (κ2) is 6.29. The number of benzene rings is 1. The minimum atomic E-state index is 0.132. The minimum absolute atomic E-state index is 0.132. The molecule has 0 saturated heterocycles. The lowest BCUT2D eigenvalue weighted by atomic mass is 10.1. The number of hydrogen-bond donors (Lipinski definition) is 2. The molecule has 1 heterocycles. The summed E-state index contributed by atoms with van der Waals surface area (Å²) < 4.78 is 0. The zero-order chi connectivity index (χ0) is 14.5. The molecule has 3 N–H and O–H groups in total. The predicted molar refractivity (Wildman–Crippen MR) is 88.2 cm³/mol. The zero-order valence-corrected chi connectivity index (χ0v) is 12.3. The lowest BCUT2D eigenvalue weighted by molar-refractivity contribution is 0.974. The molecule has 2 rings (SSSR count). The second-order valence-corrected chi connectivity index (χ2v) is 4.76. The van der Waals surface area contributed by atoms with E-state index in [1.54, 1.807) is 12.4 Å². The largest absolute Gasteiger partial charge is 0.375 e. The average molecular weight is 287 g/mol. The molecule has 0 saturated carbocycles. The summed E-state index contributed by atoms with van der Waals surface area (Å²) in [5, 5.41) is 6.28. The second-order valence-electron chi connectivity index (χ2n) is 4.32. The Morgan fingerprint density at radius 2 is 2.25 bits per heavy atom. The third-order valence-corrected chi connectivity index (χ3v) is 3.15. The number of pyridine rings is 1. The molecule has 0 bridgehead atoms. The number of fused-ring (bicyclic) bond motifs is 1. The summed E-state index contributed by atoms with van der Waals surface area (Å²) in [4.78, 5) is 6.53. The molecule has 104 valence electrons. The van der Waals surface area contributed by atoms with Crippen LogP contribution in [-0.2, 0) is 0 Å². The highest BCUT2D eigenvalue weighted by atomic mass is 32.1. The summed E-state index contributed by atoms with van der Waals surface area (Å²) in [7, 11) is 2.07. The van der Waals surface area contributed by atoms with Gasteiger partial charge in [-0.1, -0.05) is 12.1 Å². The van der Waals surface area contributed by atoms with Crippen LogP contribution in [0.25, 0.3) is 10.8 Å². The van der Waals surface area contributed by atoms with Crippen molar-refractivity contribution in [3.8, 4) is 0 Å². The predicted octanol–water partition coefficient (Wildman–Crippen LogP) is 1.86. The van der Waals surface area contributed by atoms with Gasteiger partial charge in [-0.3, -0.25) is 10.4 Å². The van der Waals surface area contributed by atoms with Gasteiger partial charge in [0.25, 0.3) is 0 Å². The fraction of sp³-hybridized carbons (Fsp3) is 0.214. The molecular formula is C14H17N5S. The van der Waals surface area contributed by atoms with E-state index in [-0.39, 0.29) is 5.11 Å². The molecule has 0 amide bonds. The van der Waals surface area contributed by atoms with Gasteiger partial charge in [0.15, 0.2) is 5.11 Å². The molecule has 0 atom stereocenters. The van der Waals surface area contributed by atoms with E-state index in [0.29, 0.717) is 0 Å². The van der Waals surface area contributed by atoms with Crippen molar-refractivity contribution < 1.29 is 0 Å². The van der Waals surface area contributed by atoms with Crippen LogP contribution in [0.5, 0.6) is 0 Å².